The summed E-state index contributed by atoms with van der Waals surface area (Å²) in [5.41, 5.74) is 0. The number of hydrogen-bond donors (Lipinski definition) is 0. The maximum atomic E-state index is 12.6. The van der Waals surface area contributed by atoms with E-state index in [0.29, 0.717) is 0 Å². The van der Waals surface area contributed by atoms with Crippen LogP contribution in [0.2, 0.25) is 0 Å². The molecule has 0 N–H and O–H groups in total. The number of carbonyl (C=O) groups excluding carboxylic acids is 4. The first-order chi connectivity index (χ1) is 13.4. The molecule has 0 bridgehead atoms. The quantitative estimate of drug-likeness (QED) is 0.394. The van der Waals surface area contributed by atoms with Crippen molar-refractivity contribution < 1.29 is 47.8 Å². The number of nitrogens with zero attached hydrogens (tertiary/aromatic N) is 1. The Morgan fingerprint density at radius 1 is 0.821 bits per heavy atom. The molecule has 0 unspecified atom stereocenters. The second-order valence-corrected chi connectivity index (χ2v) is 6.05. The highest BCUT2D eigenvalue weighted by Crippen LogP contribution is 2.43. The average molecular weight is 403 g/mol. The van der Waals surface area contributed by atoms with Crippen LogP contribution in [0.1, 0.15) is 27.2 Å². The fourth-order valence-electron chi connectivity index (χ4n) is 3.33. The summed E-state index contributed by atoms with van der Waals surface area (Å²) in [5, 5.41) is 0.897. The summed E-state index contributed by atoms with van der Waals surface area (Å²) in [5.74, 6) is -4.86. The number of ether oxygens (including phenoxy) is 4. The van der Waals surface area contributed by atoms with Crippen LogP contribution in [0.25, 0.3) is 0 Å². The Balaban J connectivity index is 2.36. The van der Waals surface area contributed by atoms with Crippen molar-refractivity contribution in [3.63, 3.8) is 0 Å². The standard InChI is InChI=1S/C17H25NO10/c1-5-24-10(19)8-9-12-11(15(20)25-6-2)14(16(21)23-4)28-18(12)27-13(9)17(22)26-7-3/h9,11-14H,5-8H2,1-4H3/t9-,11-,12+,13+,14-/m0/s1. The van der Waals surface area contributed by atoms with E-state index >= 15 is 0 Å². The molecule has 2 rings (SSSR count). The average Bonchev–Trinajstić information content (AvgIpc) is 3.18. The maximum Gasteiger partial charge on any atom is 0.338 e. The fourth-order valence-corrected chi connectivity index (χ4v) is 3.33. The molecule has 0 spiro atoms. The second kappa shape index (κ2) is 9.80. The van der Waals surface area contributed by atoms with E-state index in [1.165, 1.54) is 0 Å². The van der Waals surface area contributed by atoms with Gasteiger partial charge in [0, 0.05) is 5.92 Å². The number of carbonyl (C=O) groups is 4. The van der Waals surface area contributed by atoms with Gasteiger partial charge in [-0.25, -0.2) is 9.59 Å². The first-order valence-electron chi connectivity index (χ1n) is 9.08. The third-order valence-electron chi connectivity index (χ3n) is 4.42. The Labute approximate surface area is 162 Å². The molecule has 0 amide bonds. The molecule has 11 nitrogen and oxygen atoms in total. The normalized spacial score (nSPS) is 29.1. The topological polar surface area (TPSA) is 127 Å². The Kier molecular flexibility index (Phi) is 7.72. The Morgan fingerprint density at radius 3 is 1.96 bits per heavy atom. The number of rotatable bonds is 8. The molecule has 2 aliphatic heterocycles. The summed E-state index contributed by atoms with van der Waals surface area (Å²) in [4.78, 5) is 60.0. The second-order valence-electron chi connectivity index (χ2n) is 6.05. The van der Waals surface area contributed by atoms with Crippen LogP contribution in [0.3, 0.4) is 0 Å². The Morgan fingerprint density at radius 2 is 1.39 bits per heavy atom. The van der Waals surface area contributed by atoms with Crippen LogP contribution in [0.4, 0.5) is 0 Å². The van der Waals surface area contributed by atoms with Crippen molar-refractivity contribution in [3.8, 4) is 0 Å². The zero-order valence-electron chi connectivity index (χ0n) is 16.2. The third kappa shape index (κ3) is 4.42. The number of hydroxylamine groups is 2. The molecule has 5 atom stereocenters. The summed E-state index contributed by atoms with van der Waals surface area (Å²) in [6.07, 6.45) is -2.78. The van der Waals surface area contributed by atoms with Crippen LogP contribution >= 0.6 is 0 Å². The third-order valence-corrected chi connectivity index (χ3v) is 4.42. The van der Waals surface area contributed by atoms with Gasteiger partial charge in [0.25, 0.3) is 0 Å². The molecule has 0 radical (unpaired) electrons. The van der Waals surface area contributed by atoms with Crippen molar-refractivity contribution in [2.75, 3.05) is 26.9 Å². The first-order valence-corrected chi connectivity index (χ1v) is 9.08. The van der Waals surface area contributed by atoms with Gasteiger partial charge in [-0.2, -0.15) is 0 Å². The predicted molar refractivity (Wildman–Crippen MR) is 88.9 cm³/mol. The number of fused-ring (bicyclic) bond motifs is 1. The van der Waals surface area contributed by atoms with Crippen LogP contribution in [-0.2, 0) is 47.8 Å². The molecule has 0 saturated carbocycles. The van der Waals surface area contributed by atoms with E-state index in [-0.39, 0.29) is 26.2 Å². The van der Waals surface area contributed by atoms with Crippen LogP contribution in [0.15, 0.2) is 0 Å². The van der Waals surface area contributed by atoms with E-state index < -0.39 is 54.0 Å². The van der Waals surface area contributed by atoms with Crippen LogP contribution in [0.5, 0.6) is 0 Å². The predicted octanol–water partition coefficient (Wildman–Crippen LogP) is -0.231. The van der Waals surface area contributed by atoms with Crippen molar-refractivity contribution in [1.29, 1.82) is 0 Å². The molecule has 28 heavy (non-hydrogen) atoms. The lowest BCUT2D eigenvalue weighted by atomic mass is 9.82. The zero-order valence-corrected chi connectivity index (χ0v) is 16.2. The molecule has 0 aromatic heterocycles. The molecular formula is C17H25NO10. The van der Waals surface area contributed by atoms with Gasteiger partial charge in [0.1, 0.15) is 5.92 Å². The van der Waals surface area contributed by atoms with Gasteiger partial charge in [0.2, 0.25) is 0 Å². The Hall–Kier alpha value is -2.24. The maximum absolute atomic E-state index is 12.6. The lowest BCUT2D eigenvalue weighted by molar-refractivity contribution is -0.350. The molecule has 0 aromatic rings. The van der Waals surface area contributed by atoms with Gasteiger partial charge in [-0.15, -0.1) is 0 Å². The van der Waals surface area contributed by atoms with E-state index in [1.807, 2.05) is 0 Å². The van der Waals surface area contributed by atoms with Crippen LogP contribution in [-0.4, -0.2) is 74.3 Å². The minimum Gasteiger partial charge on any atom is -0.467 e. The van der Waals surface area contributed by atoms with Gasteiger partial charge in [0.15, 0.2) is 12.2 Å². The summed E-state index contributed by atoms with van der Waals surface area (Å²) in [7, 11) is 1.15. The minimum absolute atomic E-state index is 0.0701. The molecule has 2 saturated heterocycles. The number of esters is 4. The smallest absolute Gasteiger partial charge is 0.338 e. The van der Waals surface area contributed by atoms with Crippen LogP contribution < -0.4 is 0 Å². The van der Waals surface area contributed by atoms with Crippen molar-refractivity contribution in [2.45, 2.75) is 45.4 Å². The van der Waals surface area contributed by atoms with Gasteiger partial charge in [-0.3, -0.25) is 19.3 Å². The molecule has 2 heterocycles. The first kappa shape index (κ1) is 22.1. The van der Waals surface area contributed by atoms with Gasteiger partial charge >= 0.3 is 23.9 Å². The van der Waals surface area contributed by atoms with Crippen LogP contribution in [0, 0.1) is 11.8 Å². The van der Waals surface area contributed by atoms with E-state index in [0.717, 1.165) is 12.3 Å². The zero-order chi connectivity index (χ0) is 20.8. The highest BCUT2D eigenvalue weighted by atomic mass is 17.0. The van der Waals surface area contributed by atoms with Crippen molar-refractivity contribution in [3.05, 3.63) is 0 Å². The summed E-state index contributed by atoms with van der Waals surface area (Å²) >= 11 is 0. The molecule has 2 aliphatic rings. The summed E-state index contributed by atoms with van der Waals surface area (Å²) in [6.45, 7) is 5.20. The van der Waals surface area contributed by atoms with Gasteiger partial charge in [-0.1, -0.05) is 5.23 Å². The van der Waals surface area contributed by atoms with Gasteiger partial charge in [0.05, 0.1) is 39.4 Å². The highest BCUT2D eigenvalue weighted by molar-refractivity contribution is 5.86. The lowest BCUT2D eigenvalue weighted by Gasteiger charge is -2.23. The molecule has 158 valence electrons. The van der Waals surface area contributed by atoms with E-state index in [4.69, 9.17) is 23.9 Å². The summed E-state index contributed by atoms with van der Waals surface area (Å²) in [6, 6.07) is -0.943. The molecule has 11 heteroatoms. The van der Waals surface area contributed by atoms with Gasteiger partial charge < -0.3 is 18.9 Å². The monoisotopic (exact) mass is 403 g/mol. The summed E-state index contributed by atoms with van der Waals surface area (Å²) < 4.78 is 19.7. The van der Waals surface area contributed by atoms with E-state index in [1.54, 1.807) is 20.8 Å². The Bertz CT molecular complexity index is 609. The van der Waals surface area contributed by atoms with E-state index in [2.05, 4.69) is 4.74 Å². The fraction of sp³-hybridized carbons (Fsp3) is 0.765. The van der Waals surface area contributed by atoms with E-state index in [9.17, 15) is 19.2 Å². The highest BCUT2D eigenvalue weighted by Gasteiger charge is 2.63. The number of hydrogen-bond acceptors (Lipinski definition) is 11. The molecule has 0 aliphatic carbocycles. The van der Waals surface area contributed by atoms with Gasteiger partial charge in [-0.05, 0) is 20.8 Å². The molecule has 0 aromatic carbocycles. The van der Waals surface area contributed by atoms with Crippen molar-refractivity contribution in [1.82, 2.24) is 5.23 Å². The van der Waals surface area contributed by atoms with Crippen molar-refractivity contribution in [2.24, 2.45) is 11.8 Å². The molecule has 2 fully saturated rings. The molecular weight excluding hydrogens is 378 g/mol. The number of methoxy groups -OCH3 is 1. The minimum atomic E-state index is -1.33. The SMILES string of the molecule is CCOC(=O)C[C@H]1[C@@H]2[C@H](C(=O)OCC)[C@@H](C(=O)OC)ON2O[C@H]1C(=O)OCC. The largest absolute Gasteiger partial charge is 0.467 e. The lowest BCUT2D eigenvalue weighted by Crippen LogP contribution is -2.44. The van der Waals surface area contributed by atoms with Crippen molar-refractivity contribution >= 4 is 23.9 Å².